The molecule has 0 aromatic heterocycles. The van der Waals surface area contributed by atoms with Crippen LogP contribution in [0.15, 0.2) is 36.4 Å². The summed E-state index contributed by atoms with van der Waals surface area (Å²) in [7, 11) is -3.59. The molecule has 0 radical (unpaired) electrons. The zero-order valence-electron chi connectivity index (χ0n) is 17.8. The monoisotopic (exact) mass is 463 g/mol. The van der Waals surface area contributed by atoms with E-state index in [9.17, 15) is 13.2 Å². The van der Waals surface area contributed by atoms with Gasteiger partial charge in [0, 0.05) is 36.9 Å². The van der Waals surface area contributed by atoms with Gasteiger partial charge < -0.3 is 14.5 Å². The lowest BCUT2D eigenvalue weighted by Crippen LogP contribution is -2.56. The molecule has 9 heteroatoms. The number of benzene rings is 2. The summed E-state index contributed by atoms with van der Waals surface area (Å²) in [5.74, 6) is 0.142. The van der Waals surface area contributed by atoms with Gasteiger partial charge in [0.25, 0.3) is 5.91 Å². The first-order valence-electron chi connectivity index (χ1n) is 10.2. The molecule has 1 atom stereocenters. The van der Waals surface area contributed by atoms with E-state index in [1.165, 1.54) is 21.1 Å². The molecule has 31 heavy (non-hydrogen) atoms. The third-order valence-corrected chi connectivity index (χ3v) is 7.36. The van der Waals surface area contributed by atoms with Crippen molar-refractivity contribution < 1.29 is 17.9 Å². The average Bonchev–Trinajstić information content (AvgIpc) is 2.74. The summed E-state index contributed by atoms with van der Waals surface area (Å²) >= 11 is 6.04. The zero-order valence-corrected chi connectivity index (χ0v) is 19.4. The second-order valence-corrected chi connectivity index (χ2v) is 10.4. The predicted molar refractivity (Wildman–Crippen MR) is 123 cm³/mol. The Morgan fingerprint density at radius 1 is 1.06 bits per heavy atom. The van der Waals surface area contributed by atoms with E-state index in [0.29, 0.717) is 42.6 Å². The van der Waals surface area contributed by atoms with E-state index in [4.69, 9.17) is 16.3 Å². The minimum absolute atomic E-state index is 0.0673. The highest BCUT2D eigenvalue weighted by Crippen LogP contribution is 2.37. The molecule has 1 amide bonds. The van der Waals surface area contributed by atoms with Gasteiger partial charge in [0.2, 0.25) is 10.0 Å². The first-order chi connectivity index (χ1) is 14.6. The Morgan fingerprint density at radius 2 is 1.77 bits per heavy atom. The van der Waals surface area contributed by atoms with Gasteiger partial charge in [-0.05, 0) is 49.2 Å². The first-order valence-corrected chi connectivity index (χ1v) is 12.4. The summed E-state index contributed by atoms with van der Waals surface area (Å²) in [5, 5.41) is 0.406. The summed E-state index contributed by atoms with van der Waals surface area (Å²) in [6.45, 7) is 6.67. The number of ether oxygens (including phenoxy) is 1. The second-order valence-electron chi connectivity index (χ2n) is 8.04. The fourth-order valence-corrected chi connectivity index (χ4v) is 5.19. The zero-order chi connectivity index (χ0) is 22.3. The van der Waals surface area contributed by atoms with Crippen LogP contribution in [0.4, 0.5) is 11.4 Å². The van der Waals surface area contributed by atoms with E-state index >= 15 is 0 Å². The third kappa shape index (κ3) is 4.32. The average molecular weight is 464 g/mol. The molecule has 0 unspecified atom stereocenters. The topological polar surface area (TPSA) is 70.2 Å². The maximum Gasteiger partial charge on any atom is 0.265 e. The van der Waals surface area contributed by atoms with E-state index in [2.05, 4.69) is 36.9 Å². The van der Waals surface area contributed by atoms with Crippen LogP contribution in [0.5, 0.6) is 5.75 Å². The van der Waals surface area contributed by atoms with E-state index < -0.39 is 16.1 Å². The molecule has 2 aromatic carbocycles. The van der Waals surface area contributed by atoms with Gasteiger partial charge in [0.15, 0.2) is 6.10 Å². The summed E-state index contributed by atoms with van der Waals surface area (Å²) in [5.41, 5.74) is 4.04. The van der Waals surface area contributed by atoms with E-state index in [0.717, 1.165) is 6.26 Å². The van der Waals surface area contributed by atoms with Gasteiger partial charge in [-0.3, -0.25) is 9.10 Å². The summed E-state index contributed by atoms with van der Waals surface area (Å²) in [6, 6.07) is 11.0. The molecule has 0 aliphatic carbocycles. The minimum atomic E-state index is -3.59. The van der Waals surface area contributed by atoms with E-state index in [1.54, 1.807) is 23.1 Å². The standard InChI is InChI=1S/C22H26ClN3O4S/c1-15-5-4-6-18(16(15)2)24-9-11-25(12-10-24)22(27)21-14-26(31(3,28)29)19-13-17(23)7-8-20(19)30-21/h4-8,13,21H,9-12,14H2,1-3H3/t21-/m0/s1. The van der Waals surface area contributed by atoms with Crippen molar-refractivity contribution in [1.82, 2.24) is 4.90 Å². The number of anilines is 2. The number of carbonyl (C=O) groups is 1. The predicted octanol–water partition coefficient (Wildman–Crippen LogP) is 2.83. The van der Waals surface area contributed by atoms with Gasteiger partial charge in [-0.15, -0.1) is 0 Å². The van der Waals surface area contributed by atoms with Crippen molar-refractivity contribution in [2.24, 2.45) is 0 Å². The highest BCUT2D eigenvalue weighted by molar-refractivity contribution is 7.92. The number of amides is 1. The number of hydrogen-bond donors (Lipinski definition) is 0. The van der Waals surface area contributed by atoms with Gasteiger partial charge in [-0.2, -0.15) is 0 Å². The van der Waals surface area contributed by atoms with Crippen molar-refractivity contribution in [1.29, 1.82) is 0 Å². The lowest BCUT2D eigenvalue weighted by molar-refractivity contribution is -0.138. The van der Waals surface area contributed by atoms with Crippen LogP contribution >= 0.6 is 11.6 Å². The number of hydrogen-bond acceptors (Lipinski definition) is 5. The Bertz CT molecular complexity index is 1110. The van der Waals surface area contributed by atoms with Crippen LogP contribution in [-0.2, 0) is 14.8 Å². The van der Waals surface area contributed by atoms with Crippen molar-refractivity contribution in [2.75, 3.05) is 48.2 Å². The number of piperazine rings is 1. The molecule has 2 aromatic rings. The number of fused-ring (bicyclic) bond motifs is 1. The molecule has 0 saturated carbocycles. The third-order valence-electron chi connectivity index (χ3n) is 5.97. The SMILES string of the molecule is Cc1cccc(N2CCN(C(=O)[C@@H]3CN(S(C)(=O)=O)c4cc(Cl)ccc4O3)CC2)c1C. The van der Waals surface area contributed by atoms with E-state index in [-0.39, 0.29) is 12.5 Å². The molecule has 0 spiro atoms. The Hall–Kier alpha value is -2.45. The maximum absolute atomic E-state index is 13.2. The Kier molecular flexibility index (Phi) is 5.79. The van der Waals surface area contributed by atoms with Crippen molar-refractivity contribution in [2.45, 2.75) is 20.0 Å². The van der Waals surface area contributed by atoms with Crippen LogP contribution in [0.1, 0.15) is 11.1 Å². The van der Waals surface area contributed by atoms with Crippen molar-refractivity contribution in [3.8, 4) is 5.75 Å². The second kappa shape index (κ2) is 8.24. The van der Waals surface area contributed by atoms with Crippen molar-refractivity contribution >= 4 is 38.9 Å². The molecule has 166 valence electrons. The molecule has 0 N–H and O–H groups in total. The first kappa shape index (κ1) is 21.8. The summed E-state index contributed by atoms with van der Waals surface area (Å²) < 4.78 is 31.8. The van der Waals surface area contributed by atoms with Crippen LogP contribution in [0.25, 0.3) is 0 Å². The Labute approximate surface area is 188 Å². The van der Waals surface area contributed by atoms with Crippen LogP contribution < -0.4 is 13.9 Å². The van der Waals surface area contributed by atoms with Gasteiger partial charge in [0.05, 0.1) is 18.5 Å². The number of halogens is 1. The molecule has 4 rings (SSSR count). The van der Waals surface area contributed by atoms with Gasteiger partial charge in [-0.25, -0.2) is 8.42 Å². The normalized spacial score (nSPS) is 19.1. The van der Waals surface area contributed by atoms with Crippen LogP contribution in [-0.4, -0.2) is 64.3 Å². The highest BCUT2D eigenvalue weighted by Gasteiger charge is 2.38. The molecular formula is C22H26ClN3O4S. The van der Waals surface area contributed by atoms with Crippen LogP contribution in [0, 0.1) is 13.8 Å². The Balaban J connectivity index is 1.49. The molecule has 1 fully saturated rings. The lowest BCUT2D eigenvalue weighted by atomic mass is 10.1. The minimum Gasteiger partial charge on any atom is -0.476 e. The molecule has 0 bridgehead atoms. The van der Waals surface area contributed by atoms with Gasteiger partial charge >= 0.3 is 0 Å². The summed E-state index contributed by atoms with van der Waals surface area (Å²) in [4.78, 5) is 17.2. The Morgan fingerprint density at radius 3 is 2.45 bits per heavy atom. The van der Waals surface area contributed by atoms with Crippen LogP contribution in [0.3, 0.4) is 0 Å². The fourth-order valence-electron chi connectivity index (χ4n) is 4.12. The highest BCUT2D eigenvalue weighted by atomic mass is 35.5. The molecular weight excluding hydrogens is 438 g/mol. The molecule has 7 nitrogen and oxygen atoms in total. The number of sulfonamides is 1. The maximum atomic E-state index is 13.2. The molecule has 1 saturated heterocycles. The van der Waals surface area contributed by atoms with Crippen molar-refractivity contribution in [3.05, 3.63) is 52.5 Å². The number of aryl methyl sites for hydroxylation is 1. The van der Waals surface area contributed by atoms with Gasteiger partial charge in [-0.1, -0.05) is 23.7 Å². The van der Waals surface area contributed by atoms with Gasteiger partial charge in [0.1, 0.15) is 5.75 Å². The molecule has 2 aliphatic rings. The molecule has 2 aliphatic heterocycles. The fraction of sp³-hybridized carbons (Fsp3) is 0.409. The largest absolute Gasteiger partial charge is 0.476 e. The number of carbonyl (C=O) groups excluding carboxylic acids is 1. The number of nitrogens with zero attached hydrogens (tertiary/aromatic N) is 3. The lowest BCUT2D eigenvalue weighted by Gasteiger charge is -2.40. The van der Waals surface area contributed by atoms with E-state index in [1.807, 2.05) is 0 Å². The quantitative estimate of drug-likeness (QED) is 0.700. The summed E-state index contributed by atoms with van der Waals surface area (Å²) in [6.07, 6.45) is 0.226. The number of rotatable bonds is 3. The smallest absolute Gasteiger partial charge is 0.265 e. The van der Waals surface area contributed by atoms with Crippen molar-refractivity contribution in [3.63, 3.8) is 0 Å². The van der Waals surface area contributed by atoms with Crippen LogP contribution in [0.2, 0.25) is 5.02 Å². The molecule has 2 heterocycles.